The molecule has 1 heterocycles. The number of rotatable bonds is 5. The van der Waals surface area contributed by atoms with E-state index < -0.39 is 6.10 Å². The number of pyridine rings is 1. The molecule has 1 aromatic heterocycles. The van der Waals surface area contributed by atoms with Crippen LogP contribution < -0.4 is 5.32 Å². The van der Waals surface area contributed by atoms with E-state index in [-0.39, 0.29) is 11.9 Å². The number of carbonyl (C=O) groups excluding carboxylic acids is 1. The average molecular weight is 320 g/mol. The van der Waals surface area contributed by atoms with Crippen LogP contribution in [0.15, 0.2) is 66.7 Å². The van der Waals surface area contributed by atoms with E-state index in [1.165, 1.54) is 0 Å². The van der Waals surface area contributed by atoms with Gasteiger partial charge in [0, 0.05) is 11.8 Å². The van der Waals surface area contributed by atoms with Gasteiger partial charge in [-0.2, -0.15) is 0 Å². The maximum Gasteiger partial charge on any atom is 0.270 e. The highest BCUT2D eigenvalue weighted by Gasteiger charge is 2.18. The number of para-hydroxylation sites is 1. The summed E-state index contributed by atoms with van der Waals surface area (Å²) in [6.45, 7) is 1.80. The second kappa shape index (κ2) is 7.23. The zero-order chi connectivity index (χ0) is 16.9. The van der Waals surface area contributed by atoms with Gasteiger partial charge in [-0.05, 0) is 24.6 Å². The molecule has 0 saturated heterocycles. The van der Waals surface area contributed by atoms with E-state index in [4.69, 9.17) is 0 Å². The molecule has 0 fully saturated rings. The Morgan fingerprint density at radius 1 is 1.04 bits per heavy atom. The molecule has 0 aliphatic carbocycles. The molecule has 0 saturated carbocycles. The van der Waals surface area contributed by atoms with E-state index in [9.17, 15) is 9.90 Å². The van der Waals surface area contributed by atoms with Crippen LogP contribution in [0.5, 0.6) is 0 Å². The van der Waals surface area contributed by atoms with Gasteiger partial charge in [0.25, 0.3) is 5.91 Å². The monoisotopic (exact) mass is 320 g/mol. The molecule has 0 spiro atoms. The molecule has 122 valence electrons. The van der Waals surface area contributed by atoms with Crippen molar-refractivity contribution in [3.8, 4) is 0 Å². The van der Waals surface area contributed by atoms with Crippen LogP contribution in [0.1, 0.15) is 23.0 Å². The molecule has 24 heavy (non-hydrogen) atoms. The number of nitrogens with zero attached hydrogens (tertiary/aromatic N) is 1. The lowest BCUT2D eigenvalue weighted by Gasteiger charge is -2.20. The first kappa shape index (κ1) is 16.1. The highest BCUT2D eigenvalue weighted by molar-refractivity contribution is 5.95. The lowest BCUT2D eigenvalue weighted by molar-refractivity contribution is 0.0847. The summed E-state index contributed by atoms with van der Waals surface area (Å²) in [4.78, 5) is 16.7. The molecule has 0 aliphatic heterocycles. The van der Waals surface area contributed by atoms with E-state index in [1.54, 1.807) is 13.0 Å². The van der Waals surface area contributed by atoms with Gasteiger partial charge in [-0.3, -0.25) is 4.79 Å². The van der Waals surface area contributed by atoms with Gasteiger partial charge in [-0.15, -0.1) is 0 Å². The number of amides is 1. The van der Waals surface area contributed by atoms with E-state index in [0.717, 1.165) is 16.5 Å². The number of benzene rings is 2. The van der Waals surface area contributed by atoms with Gasteiger partial charge in [0.15, 0.2) is 0 Å². The van der Waals surface area contributed by atoms with Crippen molar-refractivity contribution in [1.29, 1.82) is 0 Å². The third-order valence-electron chi connectivity index (χ3n) is 4.05. The summed E-state index contributed by atoms with van der Waals surface area (Å²) < 4.78 is 0. The van der Waals surface area contributed by atoms with Crippen LogP contribution in [-0.4, -0.2) is 28.1 Å². The first-order valence-corrected chi connectivity index (χ1v) is 8.02. The van der Waals surface area contributed by atoms with Crippen molar-refractivity contribution in [2.24, 2.45) is 0 Å². The second-order valence-electron chi connectivity index (χ2n) is 5.91. The summed E-state index contributed by atoms with van der Waals surface area (Å²) in [5.74, 6) is -0.277. The average Bonchev–Trinajstić information content (AvgIpc) is 2.62. The standard InChI is InChI=1S/C20H20N2O2/c1-14(19(23)13-15-7-3-2-4-8-15)21-20(24)18-12-11-16-9-5-6-10-17(16)22-18/h2-12,14,19,23H,13H2,1H3,(H,21,24). The second-order valence-corrected chi connectivity index (χ2v) is 5.91. The maximum absolute atomic E-state index is 12.4. The molecular formula is C20H20N2O2. The van der Waals surface area contributed by atoms with E-state index >= 15 is 0 Å². The zero-order valence-electron chi connectivity index (χ0n) is 13.5. The number of aliphatic hydroxyl groups excluding tert-OH is 1. The van der Waals surface area contributed by atoms with E-state index in [1.807, 2.05) is 60.7 Å². The molecule has 2 atom stereocenters. The minimum absolute atomic E-state index is 0.277. The summed E-state index contributed by atoms with van der Waals surface area (Å²) >= 11 is 0. The Labute approximate surface area is 141 Å². The Hall–Kier alpha value is -2.72. The van der Waals surface area contributed by atoms with Crippen molar-refractivity contribution in [2.45, 2.75) is 25.5 Å². The minimum Gasteiger partial charge on any atom is -0.391 e. The largest absolute Gasteiger partial charge is 0.391 e. The smallest absolute Gasteiger partial charge is 0.270 e. The molecule has 3 aromatic rings. The van der Waals surface area contributed by atoms with Crippen molar-refractivity contribution in [3.05, 3.63) is 78.0 Å². The molecular weight excluding hydrogens is 300 g/mol. The Bertz CT molecular complexity index is 833. The van der Waals surface area contributed by atoms with Crippen LogP contribution in [0.3, 0.4) is 0 Å². The third kappa shape index (κ3) is 3.78. The third-order valence-corrected chi connectivity index (χ3v) is 4.05. The normalized spacial score (nSPS) is 13.4. The first-order valence-electron chi connectivity index (χ1n) is 8.02. The van der Waals surface area contributed by atoms with E-state index in [2.05, 4.69) is 10.3 Å². The van der Waals surface area contributed by atoms with Crippen molar-refractivity contribution in [3.63, 3.8) is 0 Å². The van der Waals surface area contributed by atoms with Gasteiger partial charge >= 0.3 is 0 Å². The minimum atomic E-state index is -0.656. The van der Waals surface area contributed by atoms with Gasteiger partial charge in [-0.25, -0.2) is 4.98 Å². The fraction of sp³-hybridized carbons (Fsp3) is 0.200. The number of nitrogens with one attached hydrogen (secondary N) is 1. The van der Waals surface area contributed by atoms with Gasteiger partial charge in [0.1, 0.15) is 5.69 Å². The van der Waals surface area contributed by atoms with Crippen LogP contribution in [-0.2, 0) is 6.42 Å². The van der Waals surface area contributed by atoms with Crippen LogP contribution in [0.4, 0.5) is 0 Å². The van der Waals surface area contributed by atoms with Crippen molar-refractivity contribution in [1.82, 2.24) is 10.3 Å². The van der Waals surface area contributed by atoms with Gasteiger partial charge < -0.3 is 10.4 Å². The van der Waals surface area contributed by atoms with Crippen LogP contribution >= 0.6 is 0 Å². The topological polar surface area (TPSA) is 62.2 Å². The Morgan fingerprint density at radius 2 is 1.75 bits per heavy atom. The number of hydrogen-bond acceptors (Lipinski definition) is 3. The molecule has 0 radical (unpaired) electrons. The predicted molar refractivity (Wildman–Crippen MR) is 94.8 cm³/mol. The Kier molecular flexibility index (Phi) is 4.87. The molecule has 2 N–H and O–H groups in total. The SMILES string of the molecule is CC(NC(=O)c1ccc2ccccc2n1)C(O)Cc1ccccc1. The van der Waals surface area contributed by atoms with E-state index in [0.29, 0.717) is 12.1 Å². The summed E-state index contributed by atoms with van der Waals surface area (Å²) in [5.41, 5.74) is 2.17. The number of hydrogen-bond donors (Lipinski definition) is 2. The van der Waals surface area contributed by atoms with Gasteiger partial charge in [0.05, 0.1) is 17.7 Å². The number of carbonyl (C=O) groups is 1. The quantitative estimate of drug-likeness (QED) is 0.760. The molecule has 3 rings (SSSR count). The van der Waals surface area contributed by atoms with Gasteiger partial charge in [-0.1, -0.05) is 54.6 Å². The molecule has 2 unspecified atom stereocenters. The fourth-order valence-corrected chi connectivity index (χ4v) is 2.60. The predicted octanol–water partition coefficient (Wildman–Crippen LogP) is 2.96. The van der Waals surface area contributed by atoms with Crippen molar-refractivity contribution in [2.75, 3.05) is 0 Å². The number of aliphatic hydroxyl groups is 1. The van der Waals surface area contributed by atoms with Crippen LogP contribution in [0.2, 0.25) is 0 Å². The first-order chi connectivity index (χ1) is 11.6. The Morgan fingerprint density at radius 3 is 2.54 bits per heavy atom. The van der Waals surface area contributed by atoms with Crippen molar-refractivity contribution >= 4 is 16.8 Å². The van der Waals surface area contributed by atoms with Crippen molar-refractivity contribution < 1.29 is 9.90 Å². The van der Waals surface area contributed by atoms with Gasteiger partial charge in [0.2, 0.25) is 0 Å². The summed E-state index contributed by atoms with van der Waals surface area (Å²) in [6.07, 6.45) is -0.162. The highest BCUT2D eigenvalue weighted by atomic mass is 16.3. The van der Waals surface area contributed by atoms with Crippen LogP contribution in [0.25, 0.3) is 10.9 Å². The van der Waals surface area contributed by atoms with Crippen LogP contribution in [0, 0.1) is 0 Å². The number of aromatic nitrogens is 1. The molecule has 4 nitrogen and oxygen atoms in total. The lowest BCUT2D eigenvalue weighted by Crippen LogP contribution is -2.42. The highest BCUT2D eigenvalue weighted by Crippen LogP contribution is 2.12. The number of fused-ring (bicyclic) bond motifs is 1. The molecule has 1 amide bonds. The molecule has 2 aromatic carbocycles. The molecule has 0 bridgehead atoms. The maximum atomic E-state index is 12.4. The fourth-order valence-electron chi connectivity index (χ4n) is 2.60. The molecule has 0 aliphatic rings. The zero-order valence-corrected chi connectivity index (χ0v) is 13.5. The lowest BCUT2D eigenvalue weighted by atomic mass is 10.0. The Balaban J connectivity index is 1.66. The summed E-state index contributed by atoms with van der Waals surface area (Å²) in [5, 5.41) is 14.1. The summed E-state index contributed by atoms with van der Waals surface area (Å²) in [6, 6.07) is 20.6. The molecule has 4 heteroatoms. The summed E-state index contributed by atoms with van der Waals surface area (Å²) in [7, 11) is 0.